The lowest BCUT2D eigenvalue weighted by Crippen LogP contribution is -2.24. The second-order valence-electron chi connectivity index (χ2n) is 4.08. The van der Waals surface area contributed by atoms with Crippen LogP contribution in [0, 0.1) is 11.8 Å². The summed E-state index contributed by atoms with van der Waals surface area (Å²) >= 11 is 0. The molecule has 2 heteroatoms. The van der Waals surface area contributed by atoms with Gasteiger partial charge in [-0.05, 0) is 37.8 Å². The van der Waals surface area contributed by atoms with E-state index in [9.17, 15) is 0 Å². The molecule has 0 spiro atoms. The first kappa shape index (κ1) is 12.9. The fourth-order valence-electron chi connectivity index (χ4n) is 1.60. The van der Waals surface area contributed by atoms with Crippen LogP contribution >= 0.6 is 0 Å². The lowest BCUT2D eigenvalue weighted by atomic mass is 9.94. The molecule has 0 saturated carbocycles. The van der Waals surface area contributed by atoms with Crippen molar-refractivity contribution in [1.82, 2.24) is 5.32 Å². The van der Waals surface area contributed by atoms with Gasteiger partial charge in [0.2, 0.25) is 0 Å². The van der Waals surface area contributed by atoms with E-state index in [0.717, 1.165) is 31.5 Å². The van der Waals surface area contributed by atoms with E-state index >= 15 is 0 Å². The van der Waals surface area contributed by atoms with E-state index in [2.05, 4.69) is 26.1 Å². The number of methoxy groups -OCH3 is 1. The molecule has 0 aliphatic carbocycles. The molecule has 0 aromatic carbocycles. The van der Waals surface area contributed by atoms with Crippen LogP contribution in [0.1, 0.15) is 33.6 Å². The number of rotatable bonds is 8. The smallest absolute Gasteiger partial charge is 0.0465 e. The Kier molecular flexibility index (Phi) is 8.46. The van der Waals surface area contributed by atoms with Crippen LogP contribution in [0.5, 0.6) is 0 Å². The molecule has 2 nitrogen and oxygen atoms in total. The van der Waals surface area contributed by atoms with Gasteiger partial charge >= 0.3 is 0 Å². The van der Waals surface area contributed by atoms with Crippen molar-refractivity contribution in [1.29, 1.82) is 0 Å². The fourth-order valence-corrected chi connectivity index (χ4v) is 1.60. The summed E-state index contributed by atoms with van der Waals surface area (Å²) in [4.78, 5) is 0. The molecule has 0 saturated heterocycles. The Labute approximate surface area is 83.1 Å². The Hall–Kier alpha value is -0.0800. The van der Waals surface area contributed by atoms with Gasteiger partial charge in [-0.15, -0.1) is 0 Å². The average molecular weight is 187 g/mol. The summed E-state index contributed by atoms with van der Waals surface area (Å²) in [6.07, 6.45) is 2.48. The van der Waals surface area contributed by atoms with Gasteiger partial charge in [-0.1, -0.05) is 20.8 Å². The summed E-state index contributed by atoms with van der Waals surface area (Å²) in [5.74, 6) is 1.57. The highest BCUT2D eigenvalue weighted by atomic mass is 16.5. The average Bonchev–Trinajstić information content (AvgIpc) is 2.09. The summed E-state index contributed by atoms with van der Waals surface area (Å²) in [5.41, 5.74) is 0. The van der Waals surface area contributed by atoms with Crippen molar-refractivity contribution in [2.45, 2.75) is 33.6 Å². The van der Waals surface area contributed by atoms with Crippen molar-refractivity contribution >= 4 is 0 Å². The Morgan fingerprint density at radius 2 is 2.00 bits per heavy atom. The maximum Gasteiger partial charge on any atom is 0.0465 e. The van der Waals surface area contributed by atoms with E-state index in [0.29, 0.717) is 0 Å². The van der Waals surface area contributed by atoms with Crippen molar-refractivity contribution in [2.24, 2.45) is 11.8 Å². The molecular weight excluding hydrogens is 162 g/mol. The van der Waals surface area contributed by atoms with Gasteiger partial charge in [0.1, 0.15) is 0 Å². The minimum Gasteiger partial charge on any atom is -0.385 e. The number of ether oxygens (including phenoxy) is 1. The molecule has 0 fully saturated rings. The number of hydrogen-bond acceptors (Lipinski definition) is 2. The van der Waals surface area contributed by atoms with E-state index in [1.807, 2.05) is 0 Å². The van der Waals surface area contributed by atoms with Gasteiger partial charge in [-0.2, -0.15) is 0 Å². The highest BCUT2D eigenvalue weighted by molar-refractivity contribution is 4.64. The molecule has 13 heavy (non-hydrogen) atoms. The Morgan fingerprint density at radius 1 is 1.31 bits per heavy atom. The zero-order valence-corrected chi connectivity index (χ0v) is 9.60. The molecule has 0 heterocycles. The largest absolute Gasteiger partial charge is 0.385 e. The topological polar surface area (TPSA) is 21.3 Å². The quantitative estimate of drug-likeness (QED) is 0.629. The van der Waals surface area contributed by atoms with Gasteiger partial charge in [0, 0.05) is 13.7 Å². The second-order valence-corrected chi connectivity index (χ2v) is 4.08. The summed E-state index contributed by atoms with van der Waals surface area (Å²) in [6.45, 7) is 9.82. The summed E-state index contributed by atoms with van der Waals surface area (Å²) in [6, 6.07) is 0. The summed E-state index contributed by atoms with van der Waals surface area (Å²) in [7, 11) is 1.78. The molecule has 1 atom stereocenters. The molecule has 0 amide bonds. The minimum atomic E-state index is 0.778. The van der Waals surface area contributed by atoms with Crippen molar-refractivity contribution in [3.63, 3.8) is 0 Å². The first-order valence-electron chi connectivity index (χ1n) is 5.40. The first-order valence-corrected chi connectivity index (χ1v) is 5.40. The Morgan fingerprint density at radius 3 is 2.46 bits per heavy atom. The molecule has 0 bridgehead atoms. The summed E-state index contributed by atoms with van der Waals surface area (Å²) < 4.78 is 5.11. The lowest BCUT2D eigenvalue weighted by molar-refractivity contribution is 0.170. The molecule has 0 aromatic rings. The maximum absolute atomic E-state index is 5.11. The molecule has 0 rings (SSSR count). The molecule has 0 radical (unpaired) electrons. The van der Waals surface area contributed by atoms with E-state index in [1.165, 1.54) is 12.8 Å². The number of nitrogens with one attached hydrogen (secondary N) is 1. The molecule has 0 aliphatic heterocycles. The van der Waals surface area contributed by atoms with E-state index in [1.54, 1.807) is 7.11 Å². The third kappa shape index (κ3) is 8.26. The van der Waals surface area contributed by atoms with Crippen LogP contribution in [0.25, 0.3) is 0 Å². The monoisotopic (exact) mass is 187 g/mol. The van der Waals surface area contributed by atoms with Crippen LogP contribution in [0.4, 0.5) is 0 Å². The standard InChI is InChI=1S/C11H25NO/c1-5-12-9-11(6-7-13-4)8-10(2)3/h10-12H,5-9H2,1-4H3. The Balaban J connectivity index is 3.60. The van der Waals surface area contributed by atoms with Gasteiger partial charge in [-0.3, -0.25) is 0 Å². The molecule has 80 valence electrons. The van der Waals surface area contributed by atoms with Crippen LogP contribution in [-0.2, 0) is 4.74 Å². The van der Waals surface area contributed by atoms with Crippen molar-refractivity contribution < 1.29 is 4.74 Å². The third-order valence-corrected chi connectivity index (χ3v) is 2.22. The highest BCUT2D eigenvalue weighted by Crippen LogP contribution is 2.14. The van der Waals surface area contributed by atoms with E-state index < -0.39 is 0 Å². The molecule has 0 aromatic heterocycles. The van der Waals surface area contributed by atoms with Crippen molar-refractivity contribution in [3.05, 3.63) is 0 Å². The van der Waals surface area contributed by atoms with Crippen LogP contribution in [0.2, 0.25) is 0 Å². The lowest BCUT2D eigenvalue weighted by Gasteiger charge is -2.18. The molecule has 0 aliphatic rings. The SMILES string of the molecule is CCNCC(CCOC)CC(C)C. The normalized spacial score (nSPS) is 13.6. The zero-order valence-electron chi connectivity index (χ0n) is 9.60. The molecule has 1 N–H and O–H groups in total. The first-order chi connectivity index (χ1) is 6.20. The predicted molar refractivity (Wildman–Crippen MR) is 58.0 cm³/mol. The van der Waals surface area contributed by atoms with Gasteiger partial charge in [0.05, 0.1) is 0 Å². The minimum absolute atomic E-state index is 0.778. The van der Waals surface area contributed by atoms with Crippen LogP contribution in [0.15, 0.2) is 0 Å². The molecule has 1 unspecified atom stereocenters. The third-order valence-electron chi connectivity index (χ3n) is 2.22. The van der Waals surface area contributed by atoms with E-state index in [-0.39, 0.29) is 0 Å². The fraction of sp³-hybridized carbons (Fsp3) is 1.00. The Bertz CT molecular complexity index is 96.3. The van der Waals surface area contributed by atoms with Crippen molar-refractivity contribution in [2.75, 3.05) is 26.8 Å². The van der Waals surface area contributed by atoms with Crippen molar-refractivity contribution in [3.8, 4) is 0 Å². The maximum atomic E-state index is 5.11. The van der Waals surface area contributed by atoms with Crippen LogP contribution in [0.3, 0.4) is 0 Å². The van der Waals surface area contributed by atoms with Crippen LogP contribution in [-0.4, -0.2) is 26.8 Å². The predicted octanol–water partition coefficient (Wildman–Crippen LogP) is 2.29. The van der Waals surface area contributed by atoms with Gasteiger partial charge in [0.15, 0.2) is 0 Å². The molecular formula is C11H25NO. The zero-order chi connectivity index (χ0) is 10.1. The van der Waals surface area contributed by atoms with Crippen LogP contribution < -0.4 is 5.32 Å². The second kappa shape index (κ2) is 8.52. The van der Waals surface area contributed by atoms with Gasteiger partial charge < -0.3 is 10.1 Å². The highest BCUT2D eigenvalue weighted by Gasteiger charge is 2.09. The van der Waals surface area contributed by atoms with E-state index in [4.69, 9.17) is 4.74 Å². The summed E-state index contributed by atoms with van der Waals surface area (Å²) in [5, 5.41) is 3.41. The van der Waals surface area contributed by atoms with Gasteiger partial charge in [0.25, 0.3) is 0 Å². The van der Waals surface area contributed by atoms with Gasteiger partial charge in [-0.25, -0.2) is 0 Å². The number of hydrogen-bond donors (Lipinski definition) is 1.